The van der Waals surface area contributed by atoms with Crippen molar-refractivity contribution in [3.8, 4) is 11.5 Å². The van der Waals surface area contributed by atoms with Crippen molar-refractivity contribution in [1.29, 1.82) is 0 Å². The minimum absolute atomic E-state index is 0.200. The highest BCUT2D eigenvalue weighted by molar-refractivity contribution is 7.07. The number of thiazole rings is 1. The SMILES string of the molecule is C=CCOc1ccc(/C=c2/sc3n(c2=O)[C@@H](c2c(OC)ccc4ccccc24)C(C(=O)OCC)=C(C)N=3)cc1. The summed E-state index contributed by atoms with van der Waals surface area (Å²) in [4.78, 5) is 32.5. The van der Waals surface area contributed by atoms with E-state index in [9.17, 15) is 9.59 Å². The number of methoxy groups -OCH3 is 1. The van der Waals surface area contributed by atoms with Crippen LogP contribution in [0.3, 0.4) is 0 Å². The van der Waals surface area contributed by atoms with E-state index in [1.807, 2.05) is 66.7 Å². The fourth-order valence-corrected chi connectivity index (χ4v) is 5.81. The number of benzene rings is 3. The predicted molar refractivity (Wildman–Crippen MR) is 153 cm³/mol. The summed E-state index contributed by atoms with van der Waals surface area (Å²) < 4.78 is 18.9. The third kappa shape index (κ3) is 4.91. The first-order valence-electron chi connectivity index (χ1n) is 12.6. The molecule has 0 radical (unpaired) electrons. The smallest absolute Gasteiger partial charge is 0.338 e. The maximum absolute atomic E-state index is 14.0. The molecule has 39 heavy (non-hydrogen) atoms. The van der Waals surface area contributed by atoms with Crippen LogP contribution in [0, 0.1) is 0 Å². The third-order valence-corrected chi connectivity index (χ3v) is 7.47. The Labute approximate surface area is 229 Å². The molecule has 0 unspecified atom stereocenters. The van der Waals surface area contributed by atoms with Gasteiger partial charge in [-0.1, -0.05) is 66.5 Å². The highest BCUT2D eigenvalue weighted by atomic mass is 32.1. The molecule has 0 bridgehead atoms. The second-order valence-corrected chi connectivity index (χ2v) is 9.88. The molecule has 0 saturated carbocycles. The first-order valence-corrected chi connectivity index (χ1v) is 13.4. The lowest BCUT2D eigenvalue weighted by Crippen LogP contribution is -2.40. The van der Waals surface area contributed by atoms with Gasteiger partial charge in [0.15, 0.2) is 4.80 Å². The second-order valence-electron chi connectivity index (χ2n) is 8.87. The second kappa shape index (κ2) is 11.1. The summed E-state index contributed by atoms with van der Waals surface area (Å²) in [5.74, 6) is 0.772. The van der Waals surface area contributed by atoms with Crippen molar-refractivity contribution in [2.75, 3.05) is 20.3 Å². The summed E-state index contributed by atoms with van der Waals surface area (Å²) in [6.45, 7) is 7.80. The maximum Gasteiger partial charge on any atom is 0.338 e. The number of fused-ring (bicyclic) bond motifs is 2. The quantitative estimate of drug-likeness (QED) is 0.243. The first kappa shape index (κ1) is 26.2. The number of ether oxygens (including phenoxy) is 3. The van der Waals surface area contributed by atoms with Gasteiger partial charge in [0.1, 0.15) is 24.1 Å². The largest absolute Gasteiger partial charge is 0.496 e. The Morgan fingerprint density at radius 1 is 1.13 bits per heavy atom. The zero-order valence-electron chi connectivity index (χ0n) is 22.0. The normalized spacial score (nSPS) is 15.1. The van der Waals surface area contributed by atoms with E-state index in [0.29, 0.717) is 44.3 Å². The number of esters is 1. The third-order valence-electron chi connectivity index (χ3n) is 6.49. The molecule has 1 aliphatic heterocycles. The van der Waals surface area contributed by atoms with Crippen molar-refractivity contribution >= 4 is 34.2 Å². The Morgan fingerprint density at radius 2 is 1.90 bits per heavy atom. The molecule has 8 heteroatoms. The fourth-order valence-electron chi connectivity index (χ4n) is 4.77. The minimum Gasteiger partial charge on any atom is -0.496 e. The van der Waals surface area contributed by atoms with E-state index in [1.54, 1.807) is 31.6 Å². The van der Waals surface area contributed by atoms with E-state index in [0.717, 1.165) is 16.3 Å². The average molecular weight is 541 g/mol. The van der Waals surface area contributed by atoms with E-state index in [1.165, 1.54) is 11.3 Å². The highest BCUT2D eigenvalue weighted by Gasteiger charge is 2.36. The molecule has 5 rings (SSSR count). The van der Waals surface area contributed by atoms with Gasteiger partial charge in [-0.05, 0) is 54.5 Å². The van der Waals surface area contributed by atoms with Crippen molar-refractivity contribution < 1.29 is 19.0 Å². The lowest BCUT2D eigenvalue weighted by molar-refractivity contribution is -0.139. The summed E-state index contributed by atoms with van der Waals surface area (Å²) >= 11 is 1.28. The number of nitrogens with zero attached hydrogens (tertiary/aromatic N) is 2. The molecule has 1 atom stereocenters. The van der Waals surface area contributed by atoms with Gasteiger partial charge in [0.25, 0.3) is 5.56 Å². The van der Waals surface area contributed by atoms with E-state index in [2.05, 4.69) is 11.6 Å². The Morgan fingerprint density at radius 3 is 2.62 bits per heavy atom. The van der Waals surface area contributed by atoms with Crippen LogP contribution in [0.4, 0.5) is 0 Å². The van der Waals surface area contributed by atoms with Crippen LogP contribution in [0.25, 0.3) is 16.8 Å². The lowest BCUT2D eigenvalue weighted by Gasteiger charge is -2.27. The number of hydrogen-bond donors (Lipinski definition) is 0. The Bertz CT molecular complexity index is 1780. The van der Waals surface area contributed by atoms with Gasteiger partial charge < -0.3 is 14.2 Å². The van der Waals surface area contributed by atoms with Gasteiger partial charge in [-0.3, -0.25) is 9.36 Å². The molecule has 0 amide bonds. The molecular weight excluding hydrogens is 512 g/mol. The van der Waals surface area contributed by atoms with Gasteiger partial charge in [0.2, 0.25) is 0 Å². The molecule has 198 valence electrons. The van der Waals surface area contributed by atoms with Crippen LogP contribution < -0.4 is 24.4 Å². The van der Waals surface area contributed by atoms with Crippen molar-refractivity contribution in [2.24, 2.45) is 4.99 Å². The van der Waals surface area contributed by atoms with Gasteiger partial charge in [0, 0.05) is 5.56 Å². The summed E-state index contributed by atoms with van der Waals surface area (Å²) in [5.41, 5.74) is 2.12. The van der Waals surface area contributed by atoms with Crippen LogP contribution in [-0.2, 0) is 9.53 Å². The van der Waals surface area contributed by atoms with Gasteiger partial charge in [-0.2, -0.15) is 0 Å². The van der Waals surface area contributed by atoms with Crippen molar-refractivity contribution in [2.45, 2.75) is 19.9 Å². The number of carbonyl (C=O) groups excluding carboxylic acids is 1. The molecule has 0 fully saturated rings. The Kier molecular flexibility index (Phi) is 7.47. The zero-order valence-corrected chi connectivity index (χ0v) is 22.8. The number of hydrogen-bond acceptors (Lipinski definition) is 7. The maximum atomic E-state index is 14.0. The molecule has 1 aromatic heterocycles. The van der Waals surface area contributed by atoms with Crippen molar-refractivity contribution in [3.63, 3.8) is 0 Å². The lowest BCUT2D eigenvalue weighted by atomic mass is 9.90. The van der Waals surface area contributed by atoms with Crippen LogP contribution >= 0.6 is 11.3 Å². The van der Waals surface area contributed by atoms with Gasteiger partial charge >= 0.3 is 5.97 Å². The van der Waals surface area contributed by atoms with E-state index in [-0.39, 0.29) is 12.2 Å². The van der Waals surface area contributed by atoms with E-state index < -0.39 is 12.0 Å². The summed E-state index contributed by atoms with van der Waals surface area (Å²) in [6, 6.07) is 18.3. The molecule has 0 spiro atoms. The zero-order chi connectivity index (χ0) is 27.5. The molecule has 0 saturated heterocycles. The summed E-state index contributed by atoms with van der Waals surface area (Å²) in [5, 5.41) is 1.84. The average Bonchev–Trinajstić information content (AvgIpc) is 3.25. The van der Waals surface area contributed by atoms with Crippen molar-refractivity contribution in [1.82, 2.24) is 4.57 Å². The molecule has 4 aromatic rings. The molecule has 1 aliphatic rings. The van der Waals surface area contributed by atoms with Crippen LogP contribution in [0.15, 0.2) is 94.4 Å². The monoisotopic (exact) mass is 540 g/mol. The number of aromatic nitrogens is 1. The van der Waals surface area contributed by atoms with E-state index >= 15 is 0 Å². The minimum atomic E-state index is -0.779. The predicted octanol–water partition coefficient (Wildman–Crippen LogP) is 4.52. The molecule has 0 N–H and O–H groups in total. The number of rotatable bonds is 8. The summed E-state index contributed by atoms with van der Waals surface area (Å²) in [7, 11) is 1.58. The molecular formula is C31H28N2O5S. The van der Waals surface area contributed by atoms with Crippen LogP contribution in [0.5, 0.6) is 11.5 Å². The van der Waals surface area contributed by atoms with E-state index in [4.69, 9.17) is 14.2 Å². The standard InChI is InChI=1S/C31H28N2O5S/c1-5-17-38-22-14-11-20(12-15-22)18-25-29(34)33-28(26(30(35)37-6-2)19(3)32-31(33)39-25)27-23-10-8-7-9-21(23)13-16-24(27)36-4/h5,7-16,18,28H,1,6,17H2,2-4H3/b25-18+/t28-/m1/s1. The Hall–Kier alpha value is -4.43. The van der Waals surface area contributed by atoms with Gasteiger partial charge in [0.05, 0.1) is 29.5 Å². The highest BCUT2D eigenvalue weighted by Crippen LogP contribution is 2.40. The van der Waals surface area contributed by atoms with Crippen LogP contribution in [0.2, 0.25) is 0 Å². The molecule has 3 aromatic carbocycles. The van der Waals surface area contributed by atoms with Gasteiger partial charge in [-0.25, -0.2) is 9.79 Å². The summed E-state index contributed by atoms with van der Waals surface area (Å²) in [6.07, 6.45) is 3.50. The fraction of sp³-hybridized carbons (Fsp3) is 0.194. The topological polar surface area (TPSA) is 79.1 Å². The molecule has 2 heterocycles. The van der Waals surface area contributed by atoms with Crippen LogP contribution in [0.1, 0.15) is 31.0 Å². The number of allylic oxidation sites excluding steroid dienone is 1. The van der Waals surface area contributed by atoms with Crippen molar-refractivity contribution in [3.05, 3.63) is 115 Å². The molecule has 7 nitrogen and oxygen atoms in total. The Balaban J connectivity index is 1.75. The first-order chi connectivity index (χ1) is 19.0. The van der Waals surface area contributed by atoms with Gasteiger partial charge in [-0.15, -0.1) is 0 Å². The number of carbonyl (C=O) groups is 1. The molecule has 0 aliphatic carbocycles. The van der Waals surface area contributed by atoms with Crippen LogP contribution in [-0.4, -0.2) is 30.9 Å².